The Morgan fingerprint density at radius 1 is 1.08 bits per heavy atom. The maximum atomic E-state index is 12.7. The fourth-order valence-corrected chi connectivity index (χ4v) is 4.29. The van der Waals surface area contributed by atoms with E-state index in [0.717, 1.165) is 34.5 Å². The molecule has 0 atom stereocenters. The molecule has 0 bridgehead atoms. The molecular weight excluding hydrogens is 491 g/mol. The van der Waals surface area contributed by atoms with Crippen LogP contribution in [0.3, 0.4) is 0 Å². The minimum absolute atomic E-state index is 0.0992. The number of halogens is 3. The quantitative estimate of drug-likeness (QED) is 0.320. The molecule has 0 aliphatic rings. The van der Waals surface area contributed by atoms with E-state index < -0.39 is 11.7 Å². The number of tetrazole rings is 1. The Labute approximate surface area is 209 Å². The molecule has 0 saturated carbocycles. The van der Waals surface area contributed by atoms with Gasteiger partial charge in [-0.2, -0.15) is 23.0 Å². The first-order valence-electron chi connectivity index (χ1n) is 11.2. The van der Waals surface area contributed by atoms with Crippen LogP contribution in [0.15, 0.2) is 59.9 Å². The number of aryl methyl sites for hydroxylation is 3. The summed E-state index contributed by atoms with van der Waals surface area (Å²) in [6, 6.07) is 12.7. The van der Waals surface area contributed by atoms with E-state index >= 15 is 0 Å². The molecule has 0 saturated heterocycles. The number of aromatic nitrogens is 6. The fraction of sp³-hybridized carbons (Fsp3) is 0.292. The minimum atomic E-state index is -4.34. The number of rotatable bonds is 9. The zero-order valence-corrected chi connectivity index (χ0v) is 20.5. The maximum Gasteiger partial charge on any atom is 0.416 e. The average molecular weight is 516 g/mol. The zero-order valence-electron chi connectivity index (χ0n) is 19.7. The lowest BCUT2D eigenvalue weighted by molar-refractivity contribution is -0.137. The molecule has 0 aliphatic carbocycles. The second-order valence-electron chi connectivity index (χ2n) is 8.17. The highest BCUT2D eigenvalue weighted by atomic mass is 32.2. The van der Waals surface area contributed by atoms with E-state index in [1.165, 1.54) is 23.9 Å². The first-order chi connectivity index (χ1) is 17.2. The molecule has 4 rings (SSSR count). The SMILES string of the molecule is Cc1cccc(-n2nnnc2SCC(=O)Nc2ccnn2CCCc2ccc(C(F)(F)F)cc2)c1C. The number of carbonyl (C=O) groups is 1. The average Bonchev–Trinajstić information content (AvgIpc) is 3.49. The topological polar surface area (TPSA) is 90.5 Å². The summed E-state index contributed by atoms with van der Waals surface area (Å²) in [7, 11) is 0. The second kappa shape index (κ2) is 10.9. The van der Waals surface area contributed by atoms with Gasteiger partial charge >= 0.3 is 6.18 Å². The normalized spacial score (nSPS) is 11.6. The summed E-state index contributed by atoms with van der Waals surface area (Å²) in [5.74, 6) is 0.407. The van der Waals surface area contributed by atoms with Crippen LogP contribution >= 0.6 is 11.8 Å². The van der Waals surface area contributed by atoms with Crippen molar-refractivity contribution in [1.29, 1.82) is 0 Å². The van der Waals surface area contributed by atoms with Crippen LogP contribution in [0.2, 0.25) is 0 Å². The largest absolute Gasteiger partial charge is 0.416 e. The Morgan fingerprint density at radius 2 is 1.86 bits per heavy atom. The van der Waals surface area contributed by atoms with Crippen molar-refractivity contribution >= 4 is 23.5 Å². The molecule has 0 fully saturated rings. The number of hydrogen-bond donors (Lipinski definition) is 1. The Bertz CT molecular complexity index is 1330. The fourth-order valence-electron chi connectivity index (χ4n) is 3.60. The van der Waals surface area contributed by atoms with E-state index in [1.807, 2.05) is 32.0 Å². The molecule has 1 N–H and O–H groups in total. The monoisotopic (exact) mass is 515 g/mol. The summed E-state index contributed by atoms with van der Waals surface area (Å²) in [4.78, 5) is 12.6. The number of alkyl halides is 3. The summed E-state index contributed by atoms with van der Waals surface area (Å²) in [6.45, 7) is 4.50. The van der Waals surface area contributed by atoms with Crippen molar-refractivity contribution < 1.29 is 18.0 Å². The van der Waals surface area contributed by atoms with Crippen molar-refractivity contribution in [2.24, 2.45) is 0 Å². The van der Waals surface area contributed by atoms with Crippen molar-refractivity contribution in [3.05, 3.63) is 77.0 Å². The van der Waals surface area contributed by atoms with Gasteiger partial charge in [-0.05, 0) is 72.0 Å². The van der Waals surface area contributed by atoms with Crippen LogP contribution in [0.1, 0.15) is 28.7 Å². The van der Waals surface area contributed by atoms with Crippen LogP contribution < -0.4 is 5.32 Å². The van der Waals surface area contributed by atoms with Crippen molar-refractivity contribution in [1.82, 2.24) is 30.0 Å². The molecule has 188 valence electrons. The molecule has 0 spiro atoms. The number of thioether (sulfide) groups is 1. The summed E-state index contributed by atoms with van der Waals surface area (Å²) in [5.41, 5.74) is 3.16. The van der Waals surface area contributed by atoms with Crippen LogP contribution in [0.25, 0.3) is 5.69 Å². The predicted molar refractivity (Wildman–Crippen MR) is 130 cm³/mol. The summed E-state index contributed by atoms with van der Waals surface area (Å²) in [5, 5.41) is 19.4. The van der Waals surface area contributed by atoms with Crippen LogP contribution in [0.4, 0.5) is 19.0 Å². The number of nitrogens with zero attached hydrogens (tertiary/aromatic N) is 6. The first-order valence-corrected chi connectivity index (χ1v) is 12.2. The minimum Gasteiger partial charge on any atom is -0.310 e. The molecule has 0 aliphatic heterocycles. The Kier molecular flexibility index (Phi) is 7.73. The molecule has 2 heterocycles. The Hall–Kier alpha value is -3.67. The van der Waals surface area contributed by atoms with Gasteiger partial charge in [-0.1, -0.05) is 36.0 Å². The van der Waals surface area contributed by atoms with Gasteiger partial charge in [-0.3, -0.25) is 4.79 Å². The molecule has 1 amide bonds. The van der Waals surface area contributed by atoms with E-state index in [9.17, 15) is 18.0 Å². The second-order valence-corrected chi connectivity index (χ2v) is 9.11. The molecule has 4 aromatic rings. The van der Waals surface area contributed by atoms with Crippen LogP contribution in [0.5, 0.6) is 0 Å². The van der Waals surface area contributed by atoms with E-state index in [0.29, 0.717) is 30.4 Å². The summed E-state index contributed by atoms with van der Waals surface area (Å²) >= 11 is 1.22. The summed E-state index contributed by atoms with van der Waals surface area (Å²) in [6.07, 6.45) is -1.52. The van der Waals surface area contributed by atoms with E-state index in [-0.39, 0.29) is 11.7 Å². The van der Waals surface area contributed by atoms with Gasteiger partial charge in [0.15, 0.2) is 0 Å². The number of anilines is 1. The van der Waals surface area contributed by atoms with E-state index in [4.69, 9.17) is 0 Å². The lowest BCUT2D eigenvalue weighted by atomic mass is 10.1. The third-order valence-electron chi connectivity index (χ3n) is 5.68. The van der Waals surface area contributed by atoms with Crippen molar-refractivity contribution in [2.45, 2.75) is 44.6 Å². The Morgan fingerprint density at radius 3 is 2.61 bits per heavy atom. The van der Waals surface area contributed by atoms with Gasteiger partial charge < -0.3 is 5.32 Å². The lowest BCUT2D eigenvalue weighted by Crippen LogP contribution is -2.18. The van der Waals surface area contributed by atoms with Gasteiger partial charge in [0.25, 0.3) is 0 Å². The maximum absolute atomic E-state index is 12.7. The highest BCUT2D eigenvalue weighted by Crippen LogP contribution is 2.29. The number of amides is 1. The van der Waals surface area contributed by atoms with Crippen molar-refractivity contribution in [3.63, 3.8) is 0 Å². The molecule has 12 heteroatoms. The molecule has 2 aromatic carbocycles. The smallest absolute Gasteiger partial charge is 0.310 e. The molecule has 36 heavy (non-hydrogen) atoms. The van der Waals surface area contributed by atoms with Gasteiger partial charge in [-0.15, -0.1) is 5.10 Å². The third-order valence-corrected chi connectivity index (χ3v) is 6.60. The van der Waals surface area contributed by atoms with Gasteiger partial charge in [-0.25, -0.2) is 4.68 Å². The highest BCUT2D eigenvalue weighted by Gasteiger charge is 2.29. The highest BCUT2D eigenvalue weighted by molar-refractivity contribution is 7.99. The number of hydrogen-bond acceptors (Lipinski definition) is 6. The van der Waals surface area contributed by atoms with Crippen molar-refractivity contribution in [2.75, 3.05) is 11.1 Å². The molecule has 0 unspecified atom stereocenters. The van der Waals surface area contributed by atoms with Crippen LogP contribution in [0, 0.1) is 13.8 Å². The lowest BCUT2D eigenvalue weighted by Gasteiger charge is -2.11. The molecule has 0 radical (unpaired) electrons. The predicted octanol–water partition coefficient (Wildman–Crippen LogP) is 4.86. The van der Waals surface area contributed by atoms with Crippen LogP contribution in [-0.2, 0) is 23.9 Å². The molecule has 2 aromatic heterocycles. The van der Waals surface area contributed by atoms with Gasteiger partial charge in [0.2, 0.25) is 11.1 Å². The van der Waals surface area contributed by atoms with Gasteiger partial charge in [0.05, 0.1) is 23.2 Å². The standard InChI is InChI=1S/C24H24F3N7OS/c1-16-5-3-7-20(17(16)2)34-23(30-31-32-34)36-15-22(35)29-21-12-13-28-33(21)14-4-6-18-8-10-19(11-9-18)24(25,26)27/h3,5,7-13H,4,6,14-15H2,1-2H3,(H,29,35). The molecular formula is C24H24F3N7OS. The zero-order chi connectivity index (χ0) is 25.7. The van der Waals surface area contributed by atoms with Gasteiger partial charge in [0.1, 0.15) is 5.82 Å². The third kappa shape index (κ3) is 6.11. The Balaban J connectivity index is 1.30. The summed E-state index contributed by atoms with van der Waals surface area (Å²) < 4.78 is 41.4. The molecule has 8 nitrogen and oxygen atoms in total. The van der Waals surface area contributed by atoms with Crippen molar-refractivity contribution in [3.8, 4) is 5.69 Å². The van der Waals surface area contributed by atoms with E-state index in [2.05, 4.69) is 25.9 Å². The number of nitrogens with one attached hydrogen (secondary N) is 1. The first kappa shape index (κ1) is 25.4. The van der Waals surface area contributed by atoms with Gasteiger partial charge in [0, 0.05) is 12.6 Å². The van der Waals surface area contributed by atoms with E-state index in [1.54, 1.807) is 21.6 Å². The van der Waals surface area contributed by atoms with Crippen LogP contribution in [-0.4, -0.2) is 41.6 Å². The number of benzene rings is 2. The number of carbonyl (C=O) groups excluding carboxylic acids is 1.